The van der Waals surface area contributed by atoms with Crippen LogP contribution in [-0.4, -0.2) is 81.1 Å². The highest BCUT2D eigenvalue weighted by Crippen LogP contribution is 2.68. The van der Waals surface area contributed by atoms with Crippen molar-refractivity contribution >= 4 is 29.5 Å². The molecule has 3 rings (SSSR count). The highest BCUT2D eigenvalue weighted by atomic mass is 32.2. The first kappa shape index (κ1) is 22.2. The largest absolute Gasteiger partial charge is 0.466 e. The van der Waals surface area contributed by atoms with Gasteiger partial charge in [-0.1, -0.05) is 13.0 Å². The molecule has 0 aromatic carbocycles. The summed E-state index contributed by atoms with van der Waals surface area (Å²) in [6, 6.07) is -0.749. The molecule has 3 saturated heterocycles. The second kappa shape index (κ2) is 8.30. The lowest BCUT2D eigenvalue weighted by molar-refractivity contribution is -0.154. The Bertz CT molecular complexity index is 699. The molecule has 1 spiro atoms. The molecule has 0 aromatic heterocycles. The van der Waals surface area contributed by atoms with Gasteiger partial charge in [0.1, 0.15) is 6.04 Å². The van der Waals surface area contributed by atoms with E-state index in [4.69, 9.17) is 4.74 Å². The molecule has 6 atom stereocenters. The molecule has 29 heavy (non-hydrogen) atoms. The molecular formula is C21H32N2O5S. The zero-order valence-corrected chi connectivity index (χ0v) is 18.5. The summed E-state index contributed by atoms with van der Waals surface area (Å²) in [6.45, 7) is 12.0. The highest BCUT2D eigenvalue weighted by molar-refractivity contribution is 8.02. The lowest BCUT2D eigenvalue weighted by Gasteiger charge is -2.41. The minimum Gasteiger partial charge on any atom is -0.466 e. The first-order valence-corrected chi connectivity index (χ1v) is 11.3. The monoisotopic (exact) mass is 424 g/mol. The number of aliphatic hydroxyl groups is 1. The first-order chi connectivity index (χ1) is 13.8. The van der Waals surface area contributed by atoms with Gasteiger partial charge in [-0.25, -0.2) is 0 Å². The number of esters is 1. The topological polar surface area (TPSA) is 87.2 Å². The van der Waals surface area contributed by atoms with Gasteiger partial charge in [-0.15, -0.1) is 18.3 Å². The Hall–Kier alpha value is -1.54. The number of aliphatic hydroxyl groups excluding tert-OH is 1. The molecule has 0 radical (unpaired) electrons. The number of likely N-dealkylation sites (tertiary alicyclic amines) is 1. The summed E-state index contributed by atoms with van der Waals surface area (Å²) >= 11 is 1.62. The van der Waals surface area contributed by atoms with Crippen LogP contribution in [0, 0.1) is 17.8 Å². The van der Waals surface area contributed by atoms with Crippen LogP contribution < -0.4 is 0 Å². The number of carbonyl (C=O) groups is 3. The van der Waals surface area contributed by atoms with E-state index in [1.807, 2.05) is 13.8 Å². The molecule has 7 nitrogen and oxygen atoms in total. The van der Waals surface area contributed by atoms with Gasteiger partial charge in [-0.05, 0) is 33.1 Å². The van der Waals surface area contributed by atoms with Gasteiger partial charge in [0.05, 0.1) is 29.8 Å². The standard InChI is InChI=1S/C21H32N2O5S/c1-6-8-22(12(3)4)19(26)17-21-13(5)11-14(29-21)15(20(27)28-7-2)16(21)18(25)23(17)9-10-24/h6,12-17,24H,1,7-11H2,2-5H3/t13?,14-,15+,16-,17?,21?/m0/s1. The SMILES string of the molecule is C=CCN(C(=O)C1N(CCO)C(=O)[C@@H]2[C@H](C(=O)OCC)[C@@H]3CC(C)C12S3)C(C)C. The van der Waals surface area contributed by atoms with Crippen molar-refractivity contribution < 1.29 is 24.2 Å². The normalized spacial score (nSPS) is 35.2. The van der Waals surface area contributed by atoms with Gasteiger partial charge >= 0.3 is 5.97 Å². The van der Waals surface area contributed by atoms with Crippen molar-refractivity contribution in [1.82, 2.24) is 9.80 Å². The van der Waals surface area contributed by atoms with Crippen molar-refractivity contribution in [2.24, 2.45) is 17.8 Å². The molecule has 2 bridgehead atoms. The molecular weight excluding hydrogens is 392 g/mol. The molecule has 8 heteroatoms. The Morgan fingerprint density at radius 3 is 2.72 bits per heavy atom. The molecule has 0 aromatic rings. The van der Waals surface area contributed by atoms with Gasteiger partial charge in [0.25, 0.3) is 0 Å². The Morgan fingerprint density at radius 1 is 1.48 bits per heavy atom. The zero-order chi connectivity index (χ0) is 21.5. The fourth-order valence-corrected chi connectivity index (χ4v) is 7.91. The summed E-state index contributed by atoms with van der Waals surface area (Å²) in [5.41, 5.74) is 0. The number of ether oxygens (including phenoxy) is 1. The van der Waals surface area contributed by atoms with Crippen LogP contribution in [0.1, 0.15) is 34.1 Å². The zero-order valence-electron chi connectivity index (χ0n) is 17.7. The van der Waals surface area contributed by atoms with E-state index in [9.17, 15) is 19.5 Å². The number of amides is 2. The third-order valence-electron chi connectivity index (χ3n) is 6.61. The second-order valence-corrected chi connectivity index (χ2v) is 9.98. The van der Waals surface area contributed by atoms with E-state index >= 15 is 0 Å². The maximum Gasteiger partial charge on any atom is 0.310 e. The van der Waals surface area contributed by atoms with E-state index in [-0.39, 0.29) is 54.8 Å². The maximum absolute atomic E-state index is 13.8. The summed E-state index contributed by atoms with van der Waals surface area (Å²) < 4.78 is 4.63. The van der Waals surface area contributed by atoms with E-state index in [2.05, 4.69) is 13.5 Å². The van der Waals surface area contributed by atoms with Gasteiger partial charge < -0.3 is 19.6 Å². The number of hydrogen-bond acceptors (Lipinski definition) is 6. The van der Waals surface area contributed by atoms with Crippen LogP contribution in [0.25, 0.3) is 0 Å². The second-order valence-electron chi connectivity index (χ2n) is 8.43. The fourth-order valence-electron chi connectivity index (χ4n) is 5.51. The molecule has 1 N–H and O–H groups in total. The number of nitrogens with zero attached hydrogens (tertiary/aromatic N) is 2. The number of thioether (sulfide) groups is 1. The quantitative estimate of drug-likeness (QED) is 0.467. The lowest BCUT2D eigenvalue weighted by Crippen LogP contribution is -2.58. The van der Waals surface area contributed by atoms with E-state index in [0.29, 0.717) is 6.54 Å². The van der Waals surface area contributed by atoms with E-state index < -0.39 is 22.6 Å². The van der Waals surface area contributed by atoms with E-state index in [1.165, 1.54) is 4.90 Å². The molecule has 3 aliphatic heterocycles. The van der Waals surface area contributed by atoms with Crippen molar-refractivity contribution in [3.63, 3.8) is 0 Å². The van der Waals surface area contributed by atoms with Crippen LogP contribution in [0.4, 0.5) is 0 Å². The Kier molecular flexibility index (Phi) is 6.34. The molecule has 3 unspecified atom stereocenters. The predicted molar refractivity (Wildman–Crippen MR) is 111 cm³/mol. The van der Waals surface area contributed by atoms with Crippen LogP contribution in [-0.2, 0) is 19.1 Å². The number of fused-ring (bicyclic) bond motifs is 1. The van der Waals surface area contributed by atoms with Crippen LogP contribution in [0.5, 0.6) is 0 Å². The van der Waals surface area contributed by atoms with E-state index in [0.717, 1.165) is 6.42 Å². The van der Waals surface area contributed by atoms with Crippen molar-refractivity contribution in [3.05, 3.63) is 12.7 Å². The lowest BCUT2D eigenvalue weighted by atomic mass is 9.66. The van der Waals surface area contributed by atoms with Crippen molar-refractivity contribution in [2.45, 2.75) is 56.2 Å². The number of rotatable bonds is 8. The summed E-state index contributed by atoms with van der Waals surface area (Å²) in [6.07, 6.45) is 2.46. The third kappa shape index (κ3) is 3.19. The summed E-state index contributed by atoms with van der Waals surface area (Å²) in [4.78, 5) is 43.2. The molecule has 162 valence electrons. The maximum atomic E-state index is 13.8. The molecule has 3 aliphatic rings. The average molecular weight is 425 g/mol. The Balaban J connectivity index is 2.07. The predicted octanol–water partition coefficient (Wildman–Crippen LogP) is 1.30. The number of hydrogen-bond donors (Lipinski definition) is 1. The minimum atomic E-state index is -0.695. The molecule has 3 heterocycles. The smallest absolute Gasteiger partial charge is 0.310 e. The van der Waals surface area contributed by atoms with Crippen LogP contribution in [0.2, 0.25) is 0 Å². The average Bonchev–Trinajstić information content (AvgIpc) is 3.24. The molecule has 3 fully saturated rings. The van der Waals surface area contributed by atoms with Gasteiger partial charge in [-0.3, -0.25) is 14.4 Å². The summed E-state index contributed by atoms with van der Waals surface area (Å²) in [5.74, 6) is -1.70. The van der Waals surface area contributed by atoms with Gasteiger partial charge in [0.2, 0.25) is 11.8 Å². The molecule has 0 saturated carbocycles. The first-order valence-electron chi connectivity index (χ1n) is 10.4. The fraction of sp³-hybridized carbons (Fsp3) is 0.762. The van der Waals surface area contributed by atoms with Crippen molar-refractivity contribution in [2.75, 3.05) is 26.3 Å². The van der Waals surface area contributed by atoms with Crippen molar-refractivity contribution in [1.29, 1.82) is 0 Å². The van der Waals surface area contributed by atoms with Gasteiger partial charge in [0, 0.05) is 24.4 Å². The van der Waals surface area contributed by atoms with E-state index in [1.54, 1.807) is 29.7 Å². The number of β-amino-alcohol motifs (C(OH)–C–C–N with tert-alkyl or cyclic N) is 1. The van der Waals surface area contributed by atoms with Crippen LogP contribution in [0.3, 0.4) is 0 Å². The van der Waals surface area contributed by atoms with Crippen LogP contribution in [0.15, 0.2) is 12.7 Å². The Morgan fingerprint density at radius 2 is 2.17 bits per heavy atom. The molecule has 2 amide bonds. The van der Waals surface area contributed by atoms with Gasteiger partial charge in [0.15, 0.2) is 0 Å². The third-order valence-corrected chi connectivity index (χ3v) is 8.69. The minimum absolute atomic E-state index is 0.0171. The van der Waals surface area contributed by atoms with Gasteiger partial charge in [-0.2, -0.15) is 0 Å². The van der Waals surface area contributed by atoms with Crippen LogP contribution >= 0.6 is 11.8 Å². The highest BCUT2D eigenvalue weighted by Gasteiger charge is 2.76. The number of carbonyl (C=O) groups excluding carboxylic acids is 3. The van der Waals surface area contributed by atoms with Crippen molar-refractivity contribution in [3.8, 4) is 0 Å². The Labute approximate surface area is 176 Å². The summed E-state index contributed by atoms with van der Waals surface area (Å²) in [7, 11) is 0. The molecule has 0 aliphatic carbocycles. The summed E-state index contributed by atoms with van der Waals surface area (Å²) in [5, 5.41) is 9.60.